The molecule has 2 rings (SSSR count). The highest BCUT2D eigenvalue weighted by atomic mass is 32.1. The second-order valence-corrected chi connectivity index (χ2v) is 5.04. The molecule has 0 saturated heterocycles. The molecular weight excluding hydrogens is 286 g/mol. The Morgan fingerprint density at radius 3 is 2.90 bits per heavy atom. The standard InChI is InChI=1S/C14H17N5OS/c1-3-18(2)11-7-12(20)19(17-8-11)9-10-5-4-6-16-13(10)14(15)21/h4-8H,3,9H2,1-2H3,(H2,15,21). The maximum atomic E-state index is 12.1. The summed E-state index contributed by atoms with van der Waals surface area (Å²) in [6.45, 7) is 3.10. The van der Waals surface area contributed by atoms with E-state index in [0.29, 0.717) is 5.69 Å². The van der Waals surface area contributed by atoms with Crippen LogP contribution < -0.4 is 16.2 Å². The predicted octanol–water partition coefficient (Wildman–Crippen LogP) is 0.777. The molecule has 110 valence electrons. The summed E-state index contributed by atoms with van der Waals surface area (Å²) >= 11 is 4.97. The SMILES string of the molecule is CCN(C)c1cnn(Cc2cccnc2C(N)=S)c(=O)c1. The van der Waals surface area contributed by atoms with Gasteiger partial charge in [0.05, 0.1) is 18.4 Å². The summed E-state index contributed by atoms with van der Waals surface area (Å²) in [4.78, 5) is 18.4. The highest BCUT2D eigenvalue weighted by Gasteiger charge is 2.09. The Hall–Kier alpha value is -2.28. The van der Waals surface area contributed by atoms with Crippen molar-refractivity contribution < 1.29 is 0 Å². The number of nitrogens with zero attached hydrogens (tertiary/aromatic N) is 4. The summed E-state index contributed by atoms with van der Waals surface area (Å²) < 4.78 is 1.37. The molecule has 0 atom stereocenters. The Morgan fingerprint density at radius 2 is 2.29 bits per heavy atom. The van der Waals surface area contributed by atoms with Crippen molar-refractivity contribution in [3.63, 3.8) is 0 Å². The molecule has 0 saturated carbocycles. The van der Waals surface area contributed by atoms with Crippen molar-refractivity contribution in [3.05, 3.63) is 52.2 Å². The lowest BCUT2D eigenvalue weighted by molar-refractivity contribution is 0.635. The van der Waals surface area contributed by atoms with Crippen molar-refractivity contribution in [2.24, 2.45) is 5.73 Å². The van der Waals surface area contributed by atoms with E-state index >= 15 is 0 Å². The van der Waals surface area contributed by atoms with Crippen LogP contribution in [0.4, 0.5) is 5.69 Å². The molecule has 2 heterocycles. The van der Waals surface area contributed by atoms with Crippen LogP contribution >= 0.6 is 12.2 Å². The molecule has 2 aromatic rings. The molecule has 0 aliphatic rings. The topological polar surface area (TPSA) is 77.0 Å². The molecule has 0 radical (unpaired) electrons. The van der Waals surface area contributed by atoms with E-state index in [9.17, 15) is 4.79 Å². The number of hydrogen-bond donors (Lipinski definition) is 1. The van der Waals surface area contributed by atoms with Gasteiger partial charge in [-0.2, -0.15) is 5.10 Å². The molecule has 7 heteroatoms. The van der Waals surface area contributed by atoms with E-state index in [0.717, 1.165) is 17.8 Å². The molecular formula is C14H17N5OS. The van der Waals surface area contributed by atoms with Gasteiger partial charge in [-0.3, -0.25) is 9.78 Å². The van der Waals surface area contributed by atoms with E-state index in [1.54, 1.807) is 24.5 Å². The van der Waals surface area contributed by atoms with Gasteiger partial charge in [0.1, 0.15) is 10.7 Å². The molecule has 0 bridgehead atoms. The minimum absolute atomic E-state index is 0.175. The van der Waals surface area contributed by atoms with E-state index in [-0.39, 0.29) is 17.1 Å². The first-order valence-electron chi connectivity index (χ1n) is 6.55. The Labute approximate surface area is 128 Å². The minimum atomic E-state index is -0.175. The van der Waals surface area contributed by atoms with Crippen LogP contribution in [-0.4, -0.2) is 33.3 Å². The second-order valence-electron chi connectivity index (χ2n) is 4.60. The maximum Gasteiger partial charge on any atom is 0.269 e. The van der Waals surface area contributed by atoms with Crippen LogP contribution in [0.25, 0.3) is 0 Å². The smallest absolute Gasteiger partial charge is 0.269 e. The fraction of sp³-hybridized carbons (Fsp3) is 0.286. The van der Waals surface area contributed by atoms with Gasteiger partial charge in [-0.05, 0) is 13.0 Å². The van der Waals surface area contributed by atoms with Gasteiger partial charge < -0.3 is 10.6 Å². The molecule has 0 fully saturated rings. The summed E-state index contributed by atoms with van der Waals surface area (Å²) in [5, 5.41) is 4.19. The van der Waals surface area contributed by atoms with Crippen molar-refractivity contribution in [1.82, 2.24) is 14.8 Å². The molecule has 0 spiro atoms. The van der Waals surface area contributed by atoms with Crippen LogP contribution in [0.1, 0.15) is 18.2 Å². The first-order valence-corrected chi connectivity index (χ1v) is 6.95. The van der Waals surface area contributed by atoms with Gasteiger partial charge in [-0.15, -0.1) is 0 Å². The quantitative estimate of drug-likeness (QED) is 0.823. The highest BCUT2D eigenvalue weighted by Crippen LogP contribution is 2.09. The third-order valence-electron chi connectivity index (χ3n) is 3.22. The third-order valence-corrected chi connectivity index (χ3v) is 3.41. The van der Waals surface area contributed by atoms with Crippen molar-refractivity contribution in [2.45, 2.75) is 13.5 Å². The van der Waals surface area contributed by atoms with Gasteiger partial charge in [-0.1, -0.05) is 18.3 Å². The molecule has 21 heavy (non-hydrogen) atoms. The second kappa shape index (κ2) is 6.45. The number of thiocarbonyl (C=S) groups is 1. The number of anilines is 1. The third kappa shape index (κ3) is 3.43. The monoisotopic (exact) mass is 303 g/mol. The Balaban J connectivity index is 2.33. The lowest BCUT2D eigenvalue weighted by Crippen LogP contribution is -2.27. The van der Waals surface area contributed by atoms with Crippen LogP contribution in [0.15, 0.2) is 35.4 Å². The Morgan fingerprint density at radius 1 is 1.52 bits per heavy atom. The van der Waals surface area contributed by atoms with Crippen LogP contribution in [0.5, 0.6) is 0 Å². The van der Waals surface area contributed by atoms with Crippen LogP contribution in [0.3, 0.4) is 0 Å². The summed E-state index contributed by atoms with van der Waals surface area (Å²) in [5.74, 6) is 0. The van der Waals surface area contributed by atoms with E-state index in [4.69, 9.17) is 18.0 Å². The van der Waals surface area contributed by atoms with Crippen LogP contribution in [0, 0.1) is 0 Å². The first-order chi connectivity index (χ1) is 10.0. The Bertz CT molecular complexity index is 713. The van der Waals surface area contributed by atoms with Crippen molar-refractivity contribution in [2.75, 3.05) is 18.5 Å². The fourth-order valence-corrected chi connectivity index (χ4v) is 2.07. The minimum Gasteiger partial charge on any atom is -0.388 e. The van der Waals surface area contributed by atoms with E-state index in [1.807, 2.05) is 24.9 Å². The van der Waals surface area contributed by atoms with Gasteiger partial charge in [0.2, 0.25) is 0 Å². The van der Waals surface area contributed by atoms with Gasteiger partial charge in [0.15, 0.2) is 0 Å². The number of pyridine rings is 1. The largest absolute Gasteiger partial charge is 0.388 e. The van der Waals surface area contributed by atoms with E-state index in [1.165, 1.54) is 4.68 Å². The van der Waals surface area contributed by atoms with Gasteiger partial charge in [0.25, 0.3) is 5.56 Å². The Kier molecular flexibility index (Phi) is 4.64. The summed E-state index contributed by atoms with van der Waals surface area (Å²) in [6.07, 6.45) is 3.29. The lowest BCUT2D eigenvalue weighted by atomic mass is 10.2. The number of nitrogens with two attached hydrogens (primary N) is 1. The van der Waals surface area contributed by atoms with Crippen LogP contribution in [-0.2, 0) is 6.54 Å². The number of aromatic nitrogens is 3. The molecule has 2 N–H and O–H groups in total. The lowest BCUT2D eigenvalue weighted by Gasteiger charge is -2.16. The summed E-state index contributed by atoms with van der Waals surface area (Å²) in [5.41, 5.74) is 7.56. The maximum absolute atomic E-state index is 12.1. The molecule has 0 aliphatic carbocycles. The number of rotatable bonds is 5. The van der Waals surface area contributed by atoms with Crippen LogP contribution in [0.2, 0.25) is 0 Å². The normalized spacial score (nSPS) is 10.4. The van der Waals surface area contributed by atoms with Crippen molar-refractivity contribution in [1.29, 1.82) is 0 Å². The summed E-state index contributed by atoms with van der Waals surface area (Å²) in [7, 11) is 1.91. The van der Waals surface area contributed by atoms with Crippen molar-refractivity contribution >= 4 is 22.9 Å². The first kappa shape index (κ1) is 15.1. The number of hydrogen-bond acceptors (Lipinski definition) is 5. The average Bonchev–Trinajstić information content (AvgIpc) is 2.48. The summed E-state index contributed by atoms with van der Waals surface area (Å²) in [6, 6.07) is 5.18. The zero-order valence-corrected chi connectivity index (χ0v) is 12.8. The zero-order valence-electron chi connectivity index (χ0n) is 12.0. The predicted molar refractivity (Wildman–Crippen MR) is 86.7 cm³/mol. The molecule has 0 aromatic carbocycles. The van der Waals surface area contributed by atoms with E-state index < -0.39 is 0 Å². The van der Waals surface area contributed by atoms with E-state index in [2.05, 4.69) is 10.1 Å². The molecule has 6 nitrogen and oxygen atoms in total. The zero-order chi connectivity index (χ0) is 15.4. The average molecular weight is 303 g/mol. The van der Waals surface area contributed by atoms with Gasteiger partial charge in [-0.25, -0.2) is 4.68 Å². The molecule has 2 aromatic heterocycles. The van der Waals surface area contributed by atoms with Gasteiger partial charge in [0, 0.05) is 31.4 Å². The van der Waals surface area contributed by atoms with Gasteiger partial charge >= 0.3 is 0 Å². The fourth-order valence-electron chi connectivity index (χ4n) is 1.88. The van der Waals surface area contributed by atoms with Crippen molar-refractivity contribution in [3.8, 4) is 0 Å². The molecule has 0 unspecified atom stereocenters. The molecule has 0 aliphatic heterocycles. The molecule has 0 amide bonds. The highest BCUT2D eigenvalue weighted by molar-refractivity contribution is 7.80.